The van der Waals surface area contributed by atoms with E-state index in [1.165, 1.54) is 0 Å². The summed E-state index contributed by atoms with van der Waals surface area (Å²) in [6, 6.07) is 27.2. The van der Waals surface area contributed by atoms with Crippen molar-refractivity contribution in [2.45, 2.75) is 26.0 Å². The Morgan fingerprint density at radius 1 is 0.868 bits per heavy atom. The minimum atomic E-state index is -2.74. The maximum Gasteiger partial charge on any atom is 0.165 e. The predicted octanol–water partition coefficient (Wildman–Crippen LogP) is 7.73. The fourth-order valence-electron chi connectivity index (χ4n) is 5.10. The molecule has 194 valence electrons. The van der Waals surface area contributed by atoms with Crippen molar-refractivity contribution in [2.24, 2.45) is 0 Å². The molecule has 0 spiro atoms. The number of benzene rings is 4. The molecule has 2 aliphatic heterocycles. The molecule has 0 fully saturated rings. The summed E-state index contributed by atoms with van der Waals surface area (Å²) >= 11 is 0.866. The summed E-state index contributed by atoms with van der Waals surface area (Å²) in [5, 5.41) is 0. The van der Waals surface area contributed by atoms with Gasteiger partial charge in [-0.25, -0.2) is 4.21 Å². The molecule has 0 saturated carbocycles. The fraction of sp³-hybridized carbons (Fsp3) is 0.172. The molecule has 0 amide bonds. The second-order valence-electron chi connectivity index (χ2n) is 8.91. The molecule has 4 aromatic rings. The van der Waals surface area contributed by atoms with Gasteiger partial charge in [-0.3, -0.25) is 4.18 Å². The van der Waals surface area contributed by atoms with E-state index in [-0.39, 0.29) is 0 Å². The van der Waals surface area contributed by atoms with Gasteiger partial charge < -0.3 is 23.8 Å². The van der Waals surface area contributed by atoms with Gasteiger partial charge in [-0.2, -0.15) is 0 Å². The normalized spacial score (nSPS) is 14.8. The van der Waals surface area contributed by atoms with E-state index in [0.29, 0.717) is 30.2 Å². The minimum absolute atomic E-state index is 0.361. The zero-order chi connectivity index (χ0) is 26.2. The highest BCUT2D eigenvalue weighted by Crippen LogP contribution is 2.52. The summed E-state index contributed by atoms with van der Waals surface area (Å²) in [5.74, 6) is 2.75. The molecule has 7 nitrogen and oxygen atoms in total. The molecular formula is C29H24BrN2O5S-. The molecule has 38 heavy (non-hydrogen) atoms. The summed E-state index contributed by atoms with van der Waals surface area (Å²) in [6.45, 7) is 2.53. The Bertz CT molecular complexity index is 1530. The Morgan fingerprint density at radius 3 is 2.29 bits per heavy atom. The summed E-state index contributed by atoms with van der Waals surface area (Å²) < 4.78 is 42.9. The van der Waals surface area contributed by atoms with Gasteiger partial charge in [0, 0.05) is 13.0 Å². The summed E-state index contributed by atoms with van der Waals surface area (Å²) in [4.78, 5) is 4.10. The smallest absolute Gasteiger partial charge is 0.165 e. The second kappa shape index (κ2) is 10.4. The van der Waals surface area contributed by atoms with Crippen LogP contribution < -0.4 is 19.3 Å². The largest absolute Gasteiger partial charge is 0.750 e. The molecule has 6 rings (SSSR count). The lowest BCUT2D eigenvalue weighted by atomic mass is 10.0. The van der Waals surface area contributed by atoms with Crippen molar-refractivity contribution in [3.63, 3.8) is 0 Å². The van der Waals surface area contributed by atoms with Gasteiger partial charge in [0.05, 0.1) is 38.6 Å². The van der Waals surface area contributed by atoms with Gasteiger partial charge in [0.2, 0.25) is 0 Å². The van der Waals surface area contributed by atoms with Crippen LogP contribution in [0.25, 0.3) is 0 Å². The first kappa shape index (κ1) is 24.9. The Labute approximate surface area is 232 Å². The van der Waals surface area contributed by atoms with Crippen molar-refractivity contribution in [1.82, 2.24) is 0 Å². The molecule has 0 radical (unpaired) electrons. The molecular weight excluding hydrogens is 568 g/mol. The van der Waals surface area contributed by atoms with Gasteiger partial charge in [-0.15, -0.1) is 0 Å². The fourth-order valence-corrected chi connectivity index (χ4v) is 5.90. The molecule has 0 bridgehead atoms. The molecule has 2 aliphatic rings. The van der Waals surface area contributed by atoms with Gasteiger partial charge in [0.25, 0.3) is 0 Å². The lowest BCUT2D eigenvalue weighted by Crippen LogP contribution is -2.39. The number of halogens is 1. The second-order valence-corrected chi connectivity index (χ2v) is 10.4. The third-order valence-electron chi connectivity index (χ3n) is 6.73. The van der Waals surface area contributed by atoms with Crippen molar-refractivity contribution in [2.75, 3.05) is 16.3 Å². The van der Waals surface area contributed by atoms with E-state index in [4.69, 9.17) is 13.7 Å². The summed E-state index contributed by atoms with van der Waals surface area (Å²) in [5.41, 5.74) is 4.39. The van der Waals surface area contributed by atoms with Crippen LogP contribution in [0.3, 0.4) is 0 Å². The van der Waals surface area contributed by atoms with Crippen LogP contribution in [0.1, 0.15) is 18.9 Å². The maximum atomic E-state index is 12.0. The van der Waals surface area contributed by atoms with Gasteiger partial charge in [-0.1, -0.05) is 49.4 Å². The van der Waals surface area contributed by atoms with Crippen LogP contribution in [0, 0.1) is 0 Å². The molecule has 0 N–H and O–H groups in total. The molecule has 9 heteroatoms. The van der Waals surface area contributed by atoms with Gasteiger partial charge in [0.15, 0.2) is 29.2 Å². The number of hydrogen-bond acceptors (Lipinski definition) is 7. The van der Waals surface area contributed by atoms with Crippen molar-refractivity contribution in [3.05, 3.63) is 95.0 Å². The number of fused-ring (bicyclic) bond motifs is 4. The van der Waals surface area contributed by atoms with Crippen LogP contribution >= 0.6 is 15.9 Å². The quantitative estimate of drug-likeness (QED) is 0.203. The SMILES string of the molecule is CCc1cccc2c1N(C(CCN1c3ccccc3Oc3c(Br)cccc31)OS(=O)[O-])c1ccccc1O2. The topological polar surface area (TPSA) is 74.3 Å². The Morgan fingerprint density at radius 2 is 1.53 bits per heavy atom. The molecule has 0 saturated heterocycles. The number of aryl methyl sites for hydroxylation is 1. The highest BCUT2D eigenvalue weighted by molar-refractivity contribution is 9.10. The molecule has 2 heterocycles. The van der Waals surface area contributed by atoms with E-state index < -0.39 is 17.6 Å². The highest BCUT2D eigenvalue weighted by atomic mass is 79.9. The number of rotatable bonds is 7. The Hall–Kier alpha value is -3.37. The third kappa shape index (κ3) is 4.45. The first-order valence-corrected chi connectivity index (χ1v) is 14.1. The Kier molecular flexibility index (Phi) is 6.84. The molecule has 4 aromatic carbocycles. The van der Waals surface area contributed by atoms with Crippen LogP contribution in [-0.2, 0) is 22.0 Å². The van der Waals surface area contributed by atoms with Gasteiger partial charge in [-0.05, 0) is 70.4 Å². The number of para-hydroxylation sites is 6. The predicted molar refractivity (Wildman–Crippen MR) is 151 cm³/mol. The minimum Gasteiger partial charge on any atom is -0.750 e. The lowest BCUT2D eigenvalue weighted by Gasteiger charge is -2.40. The zero-order valence-electron chi connectivity index (χ0n) is 20.5. The first-order valence-electron chi connectivity index (χ1n) is 12.3. The summed E-state index contributed by atoms with van der Waals surface area (Å²) in [6.07, 6.45) is 0.284. The van der Waals surface area contributed by atoms with E-state index in [0.717, 1.165) is 45.0 Å². The van der Waals surface area contributed by atoms with E-state index in [1.807, 2.05) is 89.8 Å². The number of hydrogen-bond donors (Lipinski definition) is 0. The Balaban J connectivity index is 1.42. The van der Waals surface area contributed by atoms with Crippen LogP contribution in [0.2, 0.25) is 0 Å². The monoisotopic (exact) mass is 591 g/mol. The molecule has 0 aromatic heterocycles. The number of nitrogens with zero attached hydrogens (tertiary/aromatic N) is 2. The highest BCUT2D eigenvalue weighted by Gasteiger charge is 2.34. The number of ether oxygens (including phenoxy) is 2. The molecule has 2 unspecified atom stereocenters. The number of anilines is 4. The molecule has 2 atom stereocenters. The average Bonchev–Trinajstić information content (AvgIpc) is 2.93. The van der Waals surface area contributed by atoms with Crippen LogP contribution in [0.4, 0.5) is 22.7 Å². The lowest BCUT2D eigenvalue weighted by molar-refractivity contribution is 0.196. The van der Waals surface area contributed by atoms with Gasteiger partial charge in [0.1, 0.15) is 0 Å². The van der Waals surface area contributed by atoms with E-state index in [9.17, 15) is 8.76 Å². The standard InChI is InChI=1S/C29H25BrN2O5S/c1-2-19-9-7-16-26-28(19)32(22-12-4-6-15-25(22)35-26)27(37-38(33)34)17-18-31-21-11-3-5-14-24(21)36-29-20(30)10-8-13-23(29)31/h3-16,27H,2,17-18H2,1H3,(H,33,34)/p-1. The summed E-state index contributed by atoms with van der Waals surface area (Å²) in [7, 11) is 0. The van der Waals surface area contributed by atoms with E-state index in [2.05, 4.69) is 27.8 Å². The molecule has 0 aliphatic carbocycles. The van der Waals surface area contributed by atoms with Crippen LogP contribution in [0.15, 0.2) is 89.4 Å². The van der Waals surface area contributed by atoms with Crippen molar-refractivity contribution in [1.29, 1.82) is 0 Å². The first-order chi connectivity index (χ1) is 18.5. The van der Waals surface area contributed by atoms with Gasteiger partial charge >= 0.3 is 0 Å². The maximum absolute atomic E-state index is 12.0. The van der Waals surface area contributed by atoms with Crippen LogP contribution in [-0.4, -0.2) is 21.5 Å². The zero-order valence-corrected chi connectivity index (χ0v) is 22.9. The van der Waals surface area contributed by atoms with Crippen molar-refractivity contribution < 1.29 is 22.4 Å². The average molecular weight is 592 g/mol. The van der Waals surface area contributed by atoms with E-state index >= 15 is 0 Å². The van der Waals surface area contributed by atoms with E-state index in [1.54, 1.807) is 0 Å². The third-order valence-corrected chi connectivity index (χ3v) is 7.74. The van der Waals surface area contributed by atoms with Crippen molar-refractivity contribution >= 4 is 50.0 Å². The van der Waals surface area contributed by atoms with Crippen LogP contribution in [0.5, 0.6) is 23.0 Å². The van der Waals surface area contributed by atoms with Crippen molar-refractivity contribution in [3.8, 4) is 23.0 Å².